The summed E-state index contributed by atoms with van der Waals surface area (Å²) in [6, 6.07) is 11.7. The fourth-order valence-corrected chi connectivity index (χ4v) is 2.47. The molecule has 120 valence electrons. The number of anilines is 1. The van der Waals surface area contributed by atoms with Crippen LogP contribution in [0, 0.1) is 0 Å². The van der Waals surface area contributed by atoms with Crippen molar-refractivity contribution in [3.8, 4) is 0 Å². The predicted molar refractivity (Wildman–Crippen MR) is 93.6 cm³/mol. The minimum absolute atomic E-state index is 0.227. The summed E-state index contributed by atoms with van der Waals surface area (Å²) in [5, 5.41) is 5.61. The second-order valence-corrected chi connectivity index (χ2v) is 5.88. The van der Waals surface area contributed by atoms with Gasteiger partial charge in [0, 0.05) is 23.6 Å². The highest BCUT2D eigenvalue weighted by molar-refractivity contribution is 7.98. The van der Waals surface area contributed by atoms with E-state index < -0.39 is 6.04 Å². The van der Waals surface area contributed by atoms with Crippen LogP contribution < -0.4 is 10.6 Å². The Balaban J connectivity index is 2.04. The van der Waals surface area contributed by atoms with E-state index in [9.17, 15) is 9.59 Å². The Morgan fingerprint density at radius 1 is 1.13 bits per heavy atom. The normalized spacial score (nSPS) is 11.5. The molecule has 1 heterocycles. The molecule has 0 saturated heterocycles. The average Bonchev–Trinajstić information content (AvgIpc) is 2.60. The first-order valence-electron chi connectivity index (χ1n) is 7.26. The minimum atomic E-state index is -0.580. The third-order valence-electron chi connectivity index (χ3n) is 3.22. The maximum absolute atomic E-state index is 12.4. The smallest absolute Gasteiger partial charge is 0.251 e. The van der Waals surface area contributed by atoms with E-state index in [0.29, 0.717) is 17.7 Å². The minimum Gasteiger partial charge on any atom is -0.340 e. The van der Waals surface area contributed by atoms with Gasteiger partial charge in [0.25, 0.3) is 5.91 Å². The Hall–Kier alpha value is -2.34. The highest BCUT2D eigenvalue weighted by Gasteiger charge is 2.21. The molecule has 1 aromatic heterocycles. The Morgan fingerprint density at radius 3 is 2.48 bits per heavy atom. The van der Waals surface area contributed by atoms with E-state index in [1.807, 2.05) is 12.3 Å². The molecule has 5 nitrogen and oxygen atoms in total. The molecule has 23 heavy (non-hydrogen) atoms. The van der Waals surface area contributed by atoms with Crippen LogP contribution in [0.4, 0.5) is 5.69 Å². The summed E-state index contributed by atoms with van der Waals surface area (Å²) < 4.78 is 0. The third-order valence-corrected chi connectivity index (χ3v) is 3.86. The summed E-state index contributed by atoms with van der Waals surface area (Å²) in [5.41, 5.74) is 1.20. The van der Waals surface area contributed by atoms with E-state index in [1.54, 1.807) is 60.6 Å². The molecule has 0 aliphatic rings. The number of nitrogens with zero attached hydrogens (tertiary/aromatic N) is 1. The van der Waals surface area contributed by atoms with Gasteiger partial charge in [0.2, 0.25) is 5.91 Å². The van der Waals surface area contributed by atoms with Crippen LogP contribution in [0.25, 0.3) is 0 Å². The van der Waals surface area contributed by atoms with E-state index in [-0.39, 0.29) is 11.8 Å². The van der Waals surface area contributed by atoms with Crippen molar-refractivity contribution in [3.63, 3.8) is 0 Å². The molecule has 6 heteroatoms. The molecular weight excluding hydrogens is 310 g/mol. The lowest BCUT2D eigenvalue weighted by molar-refractivity contribution is -0.118. The first kappa shape index (κ1) is 17.0. The molecule has 2 amide bonds. The molecule has 2 N–H and O–H groups in total. The fourth-order valence-electron chi connectivity index (χ4n) is 2.00. The number of amides is 2. The number of hydrogen-bond donors (Lipinski definition) is 2. The molecule has 0 aliphatic heterocycles. The maximum Gasteiger partial charge on any atom is 0.251 e. The van der Waals surface area contributed by atoms with Gasteiger partial charge in [-0.25, -0.2) is 0 Å². The number of thioether (sulfide) groups is 1. The van der Waals surface area contributed by atoms with Gasteiger partial charge in [-0.1, -0.05) is 18.2 Å². The Bertz CT molecular complexity index is 635. The van der Waals surface area contributed by atoms with Crippen molar-refractivity contribution in [2.24, 2.45) is 0 Å². The highest BCUT2D eigenvalue weighted by atomic mass is 32.2. The van der Waals surface area contributed by atoms with E-state index in [4.69, 9.17) is 0 Å². The zero-order valence-corrected chi connectivity index (χ0v) is 13.7. The monoisotopic (exact) mass is 329 g/mol. The van der Waals surface area contributed by atoms with Crippen molar-refractivity contribution in [2.45, 2.75) is 12.5 Å². The molecule has 0 aliphatic carbocycles. The van der Waals surface area contributed by atoms with E-state index in [0.717, 1.165) is 5.75 Å². The third kappa shape index (κ3) is 5.41. The maximum atomic E-state index is 12.4. The van der Waals surface area contributed by atoms with Crippen LogP contribution in [0.3, 0.4) is 0 Å². The van der Waals surface area contributed by atoms with Crippen LogP contribution in [0.5, 0.6) is 0 Å². The predicted octanol–water partition coefficient (Wildman–Crippen LogP) is 2.57. The van der Waals surface area contributed by atoms with E-state index in [1.165, 1.54) is 0 Å². The van der Waals surface area contributed by atoms with Crippen LogP contribution in [0.1, 0.15) is 16.8 Å². The molecule has 0 fully saturated rings. The van der Waals surface area contributed by atoms with Crippen molar-refractivity contribution in [3.05, 3.63) is 60.4 Å². The molecule has 2 aromatic rings. The summed E-state index contributed by atoms with van der Waals surface area (Å²) in [7, 11) is 0. The Kier molecular flexibility index (Phi) is 6.62. The first-order chi connectivity index (χ1) is 11.2. The number of nitrogens with one attached hydrogen (secondary N) is 2. The Morgan fingerprint density at radius 2 is 1.83 bits per heavy atom. The summed E-state index contributed by atoms with van der Waals surface area (Å²) in [4.78, 5) is 28.6. The molecule has 1 atom stereocenters. The number of carbonyl (C=O) groups excluding carboxylic acids is 2. The fraction of sp³-hybridized carbons (Fsp3) is 0.235. The molecule has 0 saturated carbocycles. The quantitative estimate of drug-likeness (QED) is 0.819. The average molecular weight is 329 g/mol. The van der Waals surface area contributed by atoms with Crippen molar-refractivity contribution in [1.29, 1.82) is 0 Å². The number of pyridine rings is 1. The van der Waals surface area contributed by atoms with Crippen molar-refractivity contribution < 1.29 is 9.59 Å². The lowest BCUT2D eigenvalue weighted by Crippen LogP contribution is -2.44. The number of rotatable bonds is 7. The van der Waals surface area contributed by atoms with Gasteiger partial charge < -0.3 is 10.6 Å². The highest BCUT2D eigenvalue weighted by Crippen LogP contribution is 2.08. The molecule has 0 spiro atoms. The van der Waals surface area contributed by atoms with E-state index >= 15 is 0 Å². The zero-order valence-electron chi connectivity index (χ0n) is 12.9. The lowest BCUT2D eigenvalue weighted by Gasteiger charge is -2.18. The summed E-state index contributed by atoms with van der Waals surface area (Å²) in [5.74, 6) is 0.305. The van der Waals surface area contributed by atoms with Gasteiger partial charge in [-0.3, -0.25) is 14.6 Å². The lowest BCUT2D eigenvalue weighted by atomic mass is 10.1. The van der Waals surface area contributed by atoms with Crippen molar-refractivity contribution in [1.82, 2.24) is 10.3 Å². The van der Waals surface area contributed by atoms with Gasteiger partial charge in [-0.2, -0.15) is 11.8 Å². The summed E-state index contributed by atoms with van der Waals surface area (Å²) in [6.45, 7) is 0. The van der Waals surface area contributed by atoms with Gasteiger partial charge >= 0.3 is 0 Å². The van der Waals surface area contributed by atoms with E-state index in [2.05, 4.69) is 15.6 Å². The van der Waals surface area contributed by atoms with Crippen molar-refractivity contribution in [2.75, 3.05) is 17.3 Å². The van der Waals surface area contributed by atoms with Crippen LogP contribution >= 0.6 is 11.8 Å². The topological polar surface area (TPSA) is 71.1 Å². The second kappa shape index (κ2) is 8.95. The molecule has 0 unspecified atom stereocenters. The first-order valence-corrected chi connectivity index (χ1v) is 8.66. The van der Waals surface area contributed by atoms with Crippen LogP contribution in [0.2, 0.25) is 0 Å². The number of hydrogen-bond acceptors (Lipinski definition) is 4. The SMILES string of the molecule is CSCC[C@H](NC(=O)c1ccccc1)C(=O)Nc1ccncc1. The van der Waals surface area contributed by atoms with Crippen molar-refractivity contribution >= 4 is 29.3 Å². The van der Waals surface area contributed by atoms with Gasteiger partial charge in [0.15, 0.2) is 0 Å². The molecular formula is C17H19N3O2S. The summed E-state index contributed by atoms with van der Waals surface area (Å²) >= 11 is 1.64. The number of benzene rings is 1. The largest absolute Gasteiger partial charge is 0.340 e. The number of carbonyl (C=O) groups is 2. The van der Waals surface area contributed by atoms with Gasteiger partial charge in [-0.15, -0.1) is 0 Å². The van der Waals surface area contributed by atoms with Crippen LogP contribution in [-0.2, 0) is 4.79 Å². The van der Waals surface area contributed by atoms with Gasteiger partial charge in [0.05, 0.1) is 0 Å². The zero-order chi connectivity index (χ0) is 16.5. The number of aromatic nitrogens is 1. The second-order valence-electron chi connectivity index (χ2n) is 4.90. The molecule has 1 aromatic carbocycles. The van der Waals surface area contributed by atoms with Crippen LogP contribution in [-0.4, -0.2) is 34.8 Å². The molecule has 0 bridgehead atoms. The molecule has 0 radical (unpaired) electrons. The van der Waals surface area contributed by atoms with Gasteiger partial charge in [-0.05, 0) is 42.7 Å². The Labute approximate surface area is 139 Å². The van der Waals surface area contributed by atoms with Crippen LogP contribution in [0.15, 0.2) is 54.9 Å². The summed E-state index contributed by atoms with van der Waals surface area (Å²) in [6.07, 6.45) is 5.75. The molecule has 2 rings (SSSR count). The van der Waals surface area contributed by atoms with Gasteiger partial charge in [0.1, 0.15) is 6.04 Å². The standard InChI is InChI=1S/C17H19N3O2S/c1-23-12-9-15(17(22)19-14-7-10-18-11-8-14)20-16(21)13-5-3-2-4-6-13/h2-8,10-11,15H,9,12H2,1H3,(H,20,21)(H,18,19,22)/t15-/m0/s1.